The predicted molar refractivity (Wildman–Crippen MR) is 86.8 cm³/mol. The lowest BCUT2D eigenvalue weighted by molar-refractivity contribution is -0.384. The molecule has 1 atom stereocenters. The number of benzene rings is 1. The SMILES string of the molecule is CCN(c1ccc([N+](=O)[O-])cc1CBr)C(C)CN(C)C. The molecule has 1 aromatic carbocycles. The minimum atomic E-state index is -0.352. The zero-order valence-electron chi connectivity index (χ0n) is 12.5. The van der Waals surface area contributed by atoms with E-state index >= 15 is 0 Å². The summed E-state index contributed by atoms with van der Waals surface area (Å²) >= 11 is 3.43. The van der Waals surface area contributed by atoms with Crippen LogP contribution in [-0.2, 0) is 5.33 Å². The van der Waals surface area contributed by atoms with Gasteiger partial charge in [-0.3, -0.25) is 10.1 Å². The maximum atomic E-state index is 10.9. The minimum Gasteiger partial charge on any atom is -0.368 e. The highest BCUT2D eigenvalue weighted by molar-refractivity contribution is 9.08. The molecule has 0 bridgehead atoms. The third kappa shape index (κ3) is 4.18. The van der Waals surface area contributed by atoms with Crippen LogP contribution in [0.25, 0.3) is 0 Å². The summed E-state index contributed by atoms with van der Waals surface area (Å²) in [6.07, 6.45) is 0. The van der Waals surface area contributed by atoms with Crippen LogP contribution in [0.1, 0.15) is 19.4 Å². The van der Waals surface area contributed by atoms with Gasteiger partial charge in [-0.15, -0.1) is 0 Å². The fraction of sp³-hybridized carbons (Fsp3) is 0.571. The van der Waals surface area contributed by atoms with E-state index in [1.807, 2.05) is 20.2 Å². The van der Waals surface area contributed by atoms with Crippen molar-refractivity contribution in [3.05, 3.63) is 33.9 Å². The molecule has 0 saturated heterocycles. The van der Waals surface area contributed by atoms with E-state index in [4.69, 9.17) is 0 Å². The number of rotatable bonds is 7. The molecule has 0 aliphatic carbocycles. The summed E-state index contributed by atoms with van der Waals surface area (Å²) in [6.45, 7) is 6.08. The number of nitro benzene ring substituents is 1. The quantitative estimate of drug-likeness (QED) is 0.433. The maximum Gasteiger partial charge on any atom is 0.269 e. The van der Waals surface area contributed by atoms with Crippen molar-refractivity contribution < 1.29 is 4.92 Å². The van der Waals surface area contributed by atoms with Crippen LogP contribution < -0.4 is 4.90 Å². The molecule has 0 saturated carbocycles. The van der Waals surface area contributed by atoms with Crippen LogP contribution >= 0.6 is 15.9 Å². The molecule has 1 unspecified atom stereocenters. The molecule has 0 aliphatic heterocycles. The van der Waals surface area contributed by atoms with E-state index in [0.717, 1.165) is 24.3 Å². The Balaban J connectivity index is 3.11. The number of likely N-dealkylation sites (N-methyl/N-ethyl adjacent to an activating group) is 2. The van der Waals surface area contributed by atoms with Gasteiger partial charge in [-0.05, 0) is 39.6 Å². The average molecular weight is 344 g/mol. The lowest BCUT2D eigenvalue weighted by atomic mass is 10.1. The van der Waals surface area contributed by atoms with Gasteiger partial charge in [0.25, 0.3) is 5.69 Å². The summed E-state index contributed by atoms with van der Waals surface area (Å²) in [7, 11) is 4.09. The Morgan fingerprint density at radius 2 is 2.05 bits per heavy atom. The van der Waals surface area contributed by atoms with Crippen molar-refractivity contribution in [2.45, 2.75) is 25.2 Å². The van der Waals surface area contributed by atoms with Gasteiger partial charge in [-0.2, -0.15) is 0 Å². The molecular formula is C14H22BrN3O2. The molecule has 1 aromatic rings. The van der Waals surface area contributed by atoms with E-state index in [1.54, 1.807) is 12.1 Å². The number of nitro groups is 1. The van der Waals surface area contributed by atoms with Crippen molar-refractivity contribution in [2.75, 3.05) is 32.1 Å². The largest absolute Gasteiger partial charge is 0.368 e. The number of hydrogen-bond donors (Lipinski definition) is 0. The van der Waals surface area contributed by atoms with Crippen molar-refractivity contribution in [2.24, 2.45) is 0 Å². The van der Waals surface area contributed by atoms with Gasteiger partial charge in [0.2, 0.25) is 0 Å². The fourth-order valence-electron chi connectivity index (χ4n) is 2.42. The Labute approximate surface area is 128 Å². The highest BCUT2D eigenvalue weighted by Gasteiger charge is 2.18. The first-order chi connectivity index (χ1) is 9.40. The van der Waals surface area contributed by atoms with E-state index in [2.05, 4.69) is 39.6 Å². The Kier molecular flexibility index (Phi) is 6.42. The molecule has 0 radical (unpaired) electrons. The molecule has 0 heterocycles. The highest BCUT2D eigenvalue weighted by Crippen LogP contribution is 2.28. The number of hydrogen-bond acceptors (Lipinski definition) is 4. The molecule has 6 heteroatoms. The Morgan fingerprint density at radius 3 is 2.50 bits per heavy atom. The van der Waals surface area contributed by atoms with E-state index < -0.39 is 0 Å². The molecule has 0 amide bonds. The summed E-state index contributed by atoms with van der Waals surface area (Å²) < 4.78 is 0. The third-order valence-corrected chi connectivity index (χ3v) is 3.83. The van der Waals surface area contributed by atoms with Gasteiger partial charge in [-0.1, -0.05) is 15.9 Å². The fourth-order valence-corrected chi connectivity index (χ4v) is 2.87. The van der Waals surface area contributed by atoms with E-state index in [9.17, 15) is 10.1 Å². The van der Waals surface area contributed by atoms with Gasteiger partial charge in [0, 0.05) is 42.3 Å². The van der Waals surface area contributed by atoms with E-state index in [-0.39, 0.29) is 10.6 Å². The molecule has 112 valence electrons. The van der Waals surface area contributed by atoms with Gasteiger partial charge in [-0.25, -0.2) is 0 Å². The third-order valence-electron chi connectivity index (χ3n) is 3.23. The average Bonchev–Trinajstić information content (AvgIpc) is 2.38. The first-order valence-corrected chi connectivity index (χ1v) is 7.77. The zero-order valence-corrected chi connectivity index (χ0v) is 14.1. The van der Waals surface area contributed by atoms with Crippen LogP contribution in [0.4, 0.5) is 11.4 Å². The smallest absolute Gasteiger partial charge is 0.269 e. The van der Waals surface area contributed by atoms with Crippen molar-refractivity contribution in [1.29, 1.82) is 0 Å². The van der Waals surface area contributed by atoms with Crippen LogP contribution in [0.3, 0.4) is 0 Å². The second-order valence-corrected chi connectivity index (χ2v) is 5.66. The molecule has 0 fully saturated rings. The van der Waals surface area contributed by atoms with Crippen molar-refractivity contribution in [3.8, 4) is 0 Å². The Hall–Kier alpha value is -1.14. The number of anilines is 1. The molecule has 0 spiro atoms. The van der Waals surface area contributed by atoms with Gasteiger partial charge >= 0.3 is 0 Å². The number of non-ortho nitro benzene ring substituents is 1. The molecule has 0 N–H and O–H groups in total. The van der Waals surface area contributed by atoms with Crippen LogP contribution in [0, 0.1) is 10.1 Å². The number of alkyl halides is 1. The first kappa shape index (κ1) is 16.9. The topological polar surface area (TPSA) is 49.6 Å². The molecule has 0 aliphatic rings. The van der Waals surface area contributed by atoms with Gasteiger partial charge in [0.05, 0.1) is 4.92 Å². The standard InChI is InChI=1S/C14H22BrN3O2/c1-5-17(11(2)10-16(3)4)14-7-6-13(18(19)20)8-12(14)9-15/h6-8,11H,5,9-10H2,1-4H3. The van der Waals surface area contributed by atoms with Crippen LogP contribution in [0.2, 0.25) is 0 Å². The normalized spacial score (nSPS) is 12.5. The van der Waals surface area contributed by atoms with Crippen molar-refractivity contribution in [1.82, 2.24) is 4.90 Å². The molecule has 20 heavy (non-hydrogen) atoms. The zero-order chi connectivity index (χ0) is 15.3. The maximum absolute atomic E-state index is 10.9. The predicted octanol–water partition coefficient (Wildman–Crippen LogP) is 3.27. The monoisotopic (exact) mass is 343 g/mol. The number of halogens is 1. The molecule has 0 aromatic heterocycles. The summed E-state index contributed by atoms with van der Waals surface area (Å²) in [4.78, 5) is 14.9. The molecular weight excluding hydrogens is 322 g/mol. The summed E-state index contributed by atoms with van der Waals surface area (Å²) in [5.41, 5.74) is 2.15. The van der Waals surface area contributed by atoms with Gasteiger partial charge < -0.3 is 9.80 Å². The van der Waals surface area contributed by atoms with Gasteiger partial charge in [0.15, 0.2) is 0 Å². The lowest BCUT2D eigenvalue weighted by Gasteiger charge is -2.33. The van der Waals surface area contributed by atoms with Crippen molar-refractivity contribution >= 4 is 27.3 Å². The Bertz CT molecular complexity index is 466. The molecule has 1 rings (SSSR count). The summed E-state index contributed by atoms with van der Waals surface area (Å²) in [6, 6.07) is 5.42. The lowest BCUT2D eigenvalue weighted by Crippen LogP contribution is -2.40. The van der Waals surface area contributed by atoms with Gasteiger partial charge in [0.1, 0.15) is 0 Å². The highest BCUT2D eigenvalue weighted by atomic mass is 79.9. The Morgan fingerprint density at radius 1 is 1.40 bits per heavy atom. The molecule has 5 nitrogen and oxygen atoms in total. The summed E-state index contributed by atoms with van der Waals surface area (Å²) in [5, 5.41) is 11.5. The first-order valence-electron chi connectivity index (χ1n) is 6.65. The summed E-state index contributed by atoms with van der Waals surface area (Å²) in [5.74, 6) is 0. The van der Waals surface area contributed by atoms with E-state index in [0.29, 0.717) is 11.4 Å². The second-order valence-electron chi connectivity index (χ2n) is 5.10. The van der Waals surface area contributed by atoms with Crippen LogP contribution in [0.15, 0.2) is 18.2 Å². The van der Waals surface area contributed by atoms with Crippen molar-refractivity contribution in [3.63, 3.8) is 0 Å². The van der Waals surface area contributed by atoms with Crippen LogP contribution in [-0.4, -0.2) is 43.0 Å². The minimum absolute atomic E-state index is 0.138. The number of nitrogens with zero attached hydrogens (tertiary/aromatic N) is 3. The van der Waals surface area contributed by atoms with E-state index in [1.165, 1.54) is 0 Å². The van der Waals surface area contributed by atoms with Crippen LogP contribution in [0.5, 0.6) is 0 Å². The second kappa shape index (κ2) is 7.59.